The zero-order valence-electron chi connectivity index (χ0n) is 16.2. The molecule has 4 aliphatic carbocycles. The van der Waals surface area contributed by atoms with Crippen LogP contribution >= 0.6 is 0 Å². The number of allylic oxidation sites excluding steroid dienone is 4. The first-order valence-electron chi connectivity index (χ1n) is 10.0. The van der Waals surface area contributed by atoms with E-state index in [1.165, 1.54) is 18.4 Å². The fourth-order valence-corrected chi connectivity index (χ4v) is 7.17. The third-order valence-electron chi connectivity index (χ3n) is 8.27. The molecule has 3 heteroatoms. The average Bonchev–Trinajstić information content (AvgIpc) is 2.83. The van der Waals surface area contributed by atoms with Crippen molar-refractivity contribution in [3.63, 3.8) is 0 Å². The Balaban J connectivity index is 1.68. The van der Waals surface area contributed by atoms with E-state index in [0.29, 0.717) is 11.8 Å². The van der Waals surface area contributed by atoms with Crippen LogP contribution in [0.2, 0.25) is 0 Å². The number of aliphatic hydroxyl groups is 1. The first-order chi connectivity index (χ1) is 11.8. The summed E-state index contributed by atoms with van der Waals surface area (Å²) in [7, 11) is 4.34. The van der Waals surface area contributed by atoms with Crippen LogP contribution in [0.15, 0.2) is 23.8 Å². The first-order valence-corrected chi connectivity index (χ1v) is 10.0. The molecule has 3 fully saturated rings. The van der Waals surface area contributed by atoms with Gasteiger partial charge in [0.15, 0.2) is 5.78 Å². The molecule has 25 heavy (non-hydrogen) atoms. The van der Waals surface area contributed by atoms with Gasteiger partial charge in [-0.2, -0.15) is 0 Å². The number of nitrogens with zero attached hydrogens (tertiary/aromatic N) is 1. The summed E-state index contributed by atoms with van der Waals surface area (Å²) in [5.41, 5.74) is 1.39. The van der Waals surface area contributed by atoms with E-state index in [0.717, 1.165) is 31.7 Å². The van der Waals surface area contributed by atoms with E-state index in [1.807, 2.05) is 6.08 Å². The molecule has 0 spiro atoms. The molecule has 0 radical (unpaired) electrons. The number of hydrogen-bond donors (Lipinski definition) is 1. The Labute approximate surface area is 152 Å². The normalized spacial score (nSPS) is 48.8. The van der Waals surface area contributed by atoms with Gasteiger partial charge < -0.3 is 10.0 Å². The maximum absolute atomic E-state index is 11.9. The summed E-state index contributed by atoms with van der Waals surface area (Å²) in [5, 5.41) is 11.3. The summed E-state index contributed by atoms with van der Waals surface area (Å²) in [5.74, 6) is 2.38. The molecule has 3 saturated carbocycles. The minimum atomic E-state index is -0.263. The smallest absolute Gasteiger partial charge is 0.178 e. The number of rotatable bonds is 2. The van der Waals surface area contributed by atoms with Gasteiger partial charge in [0.1, 0.15) is 0 Å². The first kappa shape index (κ1) is 17.5. The molecule has 0 aromatic heterocycles. The van der Waals surface area contributed by atoms with Crippen molar-refractivity contribution in [3.8, 4) is 0 Å². The van der Waals surface area contributed by atoms with Gasteiger partial charge in [0, 0.05) is 17.9 Å². The Hall–Kier alpha value is -0.930. The van der Waals surface area contributed by atoms with Gasteiger partial charge in [0.25, 0.3) is 0 Å². The number of aliphatic hydroxyl groups excluding tert-OH is 1. The topological polar surface area (TPSA) is 40.5 Å². The molecular formula is C22H33NO2. The Morgan fingerprint density at radius 1 is 1.24 bits per heavy atom. The van der Waals surface area contributed by atoms with Crippen LogP contribution in [0.4, 0.5) is 0 Å². The minimum absolute atomic E-state index is 0.118. The predicted molar refractivity (Wildman–Crippen MR) is 100 cm³/mol. The molecule has 7 atom stereocenters. The molecule has 0 aliphatic heterocycles. The SMILES string of the molecule is CN(C)CC1CCC2C3CCC4=CC(=O)C=CC4(C)C3C(O)CC12C. The van der Waals surface area contributed by atoms with Gasteiger partial charge in [-0.15, -0.1) is 0 Å². The van der Waals surface area contributed by atoms with E-state index in [-0.39, 0.29) is 28.6 Å². The highest BCUT2D eigenvalue weighted by molar-refractivity contribution is 6.01. The Kier molecular flexibility index (Phi) is 4.05. The van der Waals surface area contributed by atoms with Crippen LogP contribution in [0, 0.1) is 34.5 Å². The lowest BCUT2D eigenvalue weighted by Gasteiger charge is -2.59. The summed E-state index contributed by atoms with van der Waals surface area (Å²) < 4.78 is 0. The summed E-state index contributed by atoms with van der Waals surface area (Å²) in [6.45, 7) is 5.84. The van der Waals surface area contributed by atoms with Crippen molar-refractivity contribution in [2.24, 2.45) is 34.5 Å². The van der Waals surface area contributed by atoms with Gasteiger partial charge in [-0.3, -0.25) is 4.79 Å². The monoisotopic (exact) mass is 343 g/mol. The van der Waals surface area contributed by atoms with Gasteiger partial charge in [0.05, 0.1) is 6.10 Å². The van der Waals surface area contributed by atoms with E-state index >= 15 is 0 Å². The second kappa shape index (κ2) is 5.79. The zero-order chi connectivity index (χ0) is 18.0. The highest BCUT2D eigenvalue weighted by atomic mass is 16.3. The van der Waals surface area contributed by atoms with Gasteiger partial charge in [-0.1, -0.05) is 25.5 Å². The number of carbonyl (C=O) groups is 1. The summed E-state index contributed by atoms with van der Waals surface area (Å²) >= 11 is 0. The minimum Gasteiger partial charge on any atom is -0.393 e. The lowest BCUT2D eigenvalue weighted by atomic mass is 9.47. The molecule has 0 amide bonds. The van der Waals surface area contributed by atoms with Gasteiger partial charge in [-0.05, 0) is 81.5 Å². The molecular weight excluding hydrogens is 310 g/mol. The maximum Gasteiger partial charge on any atom is 0.178 e. The molecule has 0 aromatic carbocycles. The van der Waals surface area contributed by atoms with E-state index in [1.54, 1.807) is 6.08 Å². The molecule has 3 nitrogen and oxygen atoms in total. The quantitative estimate of drug-likeness (QED) is 0.835. The van der Waals surface area contributed by atoms with Gasteiger partial charge in [-0.25, -0.2) is 0 Å². The lowest BCUT2D eigenvalue weighted by molar-refractivity contribution is -0.119. The third-order valence-corrected chi connectivity index (χ3v) is 8.27. The highest BCUT2D eigenvalue weighted by Gasteiger charge is 2.61. The fourth-order valence-electron chi connectivity index (χ4n) is 7.17. The number of fused-ring (bicyclic) bond motifs is 5. The van der Waals surface area contributed by atoms with Crippen LogP contribution in [0.1, 0.15) is 46.0 Å². The van der Waals surface area contributed by atoms with Crippen LogP contribution in [-0.4, -0.2) is 42.5 Å². The van der Waals surface area contributed by atoms with Crippen molar-refractivity contribution >= 4 is 5.78 Å². The van der Waals surface area contributed by atoms with Crippen LogP contribution in [0.5, 0.6) is 0 Å². The molecule has 138 valence electrons. The molecule has 0 heterocycles. The van der Waals surface area contributed by atoms with E-state index < -0.39 is 0 Å². The molecule has 4 rings (SSSR count). The largest absolute Gasteiger partial charge is 0.393 e. The molecule has 1 N–H and O–H groups in total. The van der Waals surface area contributed by atoms with Crippen LogP contribution in [-0.2, 0) is 4.79 Å². The van der Waals surface area contributed by atoms with Crippen molar-refractivity contribution < 1.29 is 9.90 Å². The van der Waals surface area contributed by atoms with Gasteiger partial charge in [0.2, 0.25) is 0 Å². The second-order valence-corrected chi connectivity index (χ2v) is 9.84. The molecule has 0 bridgehead atoms. The summed E-state index contributed by atoms with van der Waals surface area (Å²) in [6.07, 6.45) is 11.1. The Bertz CT molecular complexity index is 636. The van der Waals surface area contributed by atoms with Gasteiger partial charge >= 0.3 is 0 Å². The number of carbonyl (C=O) groups excluding carboxylic acids is 1. The zero-order valence-corrected chi connectivity index (χ0v) is 16.2. The summed E-state index contributed by atoms with van der Waals surface area (Å²) in [6, 6.07) is 0. The van der Waals surface area contributed by atoms with Crippen molar-refractivity contribution in [1.82, 2.24) is 4.90 Å². The number of ketones is 1. The van der Waals surface area contributed by atoms with Crippen molar-refractivity contribution in [2.45, 2.75) is 52.1 Å². The van der Waals surface area contributed by atoms with Crippen LogP contribution in [0.3, 0.4) is 0 Å². The van der Waals surface area contributed by atoms with E-state index in [2.05, 4.69) is 38.9 Å². The Morgan fingerprint density at radius 3 is 2.72 bits per heavy atom. The fraction of sp³-hybridized carbons (Fsp3) is 0.773. The molecule has 7 unspecified atom stereocenters. The summed E-state index contributed by atoms with van der Waals surface area (Å²) in [4.78, 5) is 14.2. The second-order valence-electron chi connectivity index (χ2n) is 9.84. The van der Waals surface area contributed by atoms with Crippen molar-refractivity contribution in [2.75, 3.05) is 20.6 Å². The Morgan fingerprint density at radius 2 is 2.00 bits per heavy atom. The predicted octanol–water partition coefficient (Wildman–Crippen LogP) is 3.44. The lowest BCUT2D eigenvalue weighted by Crippen LogP contribution is -2.56. The maximum atomic E-state index is 11.9. The average molecular weight is 344 g/mol. The van der Waals surface area contributed by atoms with E-state index in [9.17, 15) is 9.90 Å². The molecule has 0 saturated heterocycles. The van der Waals surface area contributed by atoms with Crippen molar-refractivity contribution in [1.29, 1.82) is 0 Å². The number of hydrogen-bond acceptors (Lipinski definition) is 3. The standard InChI is InChI=1S/C22H33NO2/c1-21-10-9-16(24)11-14(21)5-7-17-18-8-6-15(13-23(3)4)22(18,2)12-19(25)20(17)21/h9-11,15,17-20,25H,5-8,12-13H2,1-4H3. The molecule has 0 aromatic rings. The third kappa shape index (κ3) is 2.49. The molecule has 4 aliphatic rings. The van der Waals surface area contributed by atoms with Crippen LogP contribution < -0.4 is 0 Å². The van der Waals surface area contributed by atoms with Crippen molar-refractivity contribution in [3.05, 3.63) is 23.8 Å². The highest BCUT2D eigenvalue weighted by Crippen LogP contribution is 2.65. The van der Waals surface area contributed by atoms with E-state index in [4.69, 9.17) is 0 Å². The van der Waals surface area contributed by atoms with Crippen LogP contribution in [0.25, 0.3) is 0 Å².